The molecule has 0 aromatic rings. The lowest BCUT2D eigenvalue weighted by Crippen LogP contribution is -2.29. The largest absolute Gasteiger partial charge is 0.302 e. The molecule has 5 heteroatoms. The van der Waals surface area contributed by atoms with E-state index in [1.54, 1.807) is 0 Å². The Labute approximate surface area is 62.1 Å². The molecule has 0 saturated carbocycles. The fraction of sp³-hybridized carbons (Fsp3) is 0.600. The van der Waals surface area contributed by atoms with Gasteiger partial charge in [0.25, 0.3) is 5.91 Å². The molecule has 56 valence electrons. The number of nitrogens with zero attached hydrogens (tertiary/aromatic N) is 1. The number of nitrogens with one attached hydrogen (secondary N) is 1. The maximum atomic E-state index is 12.9. The van der Waals surface area contributed by atoms with Gasteiger partial charge in [-0.3, -0.25) is 9.79 Å². The number of aliphatic imine (C=N–C) groups is 1. The van der Waals surface area contributed by atoms with Crippen molar-refractivity contribution in [3.05, 3.63) is 0 Å². The van der Waals surface area contributed by atoms with Gasteiger partial charge in [0.15, 0.2) is 5.17 Å². The molecule has 1 aliphatic rings. The molecular weight excluding hydrogens is 155 g/mol. The molecule has 1 heterocycles. The van der Waals surface area contributed by atoms with Crippen molar-refractivity contribution < 1.29 is 9.18 Å². The maximum Gasteiger partial charge on any atom is 0.274 e. The molecule has 0 spiro atoms. The van der Waals surface area contributed by atoms with Crippen molar-refractivity contribution in [2.45, 2.75) is 11.9 Å². The average molecular weight is 162 g/mol. The Morgan fingerprint density at radius 3 is 2.60 bits per heavy atom. The molecule has 1 atom stereocenters. The lowest BCUT2D eigenvalue weighted by Gasteiger charge is -2.03. The summed E-state index contributed by atoms with van der Waals surface area (Å²) in [7, 11) is 1.50. The Kier molecular flexibility index (Phi) is 1.68. The molecule has 1 unspecified atom stereocenters. The van der Waals surface area contributed by atoms with Crippen molar-refractivity contribution in [1.29, 1.82) is 0 Å². The summed E-state index contributed by atoms with van der Waals surface area (Å²) in [5, 5.41) is 0.797. The van der Waals surface area contributed by atoms with Gasteiger partial charge in [0.2, 0.25) is 5.00 Å². The molecule has 1 aliphatic heterocycles. The summed E-state index contributed by atoms with van der Waals surface area (Å²) in [4.78, 5) is 14.3. The normalized spacial score (nSPS) is 36.7. The highest BCUT2D eigenvalue weighted by Gasteiger charge is 2.42. The van der Waals surface area contributed by atoms with E-state index in [4.69, 9.17) is 0 Å². The number of thioether (sulfide) groups is 1. The molecule has 1 N–H and O–H groups in total. The van der Waals surface area contributed by atoms with Gasteiger partial charge in [-0.05, 0) is 18.7 Å². The number of hydrogen-bond acceptors (Lipinski definition) is 3. The van der Waals surface area contributed by atoms with E-state index >= 15 is 0 Å². The van der Waals surface area contributed by atoms with Crippen LogP contribution < -0.4 is 5.32 Å². The highest BCUT2D eigenvalue weighted by Crippen LogP contribution is 2.32. The minimum atomic E-state index is -1.84. The molecule has 0 aliphatic carbocycles. The topological polar surface area (TPSA) is 41.5 Å². The van der Waals surface area contributed by atoms with Gasteiger partial charge < -0.3 is 5.32 Å². The second-order valence-electron chi connectivity index (χ2n) is 2.00. The molecule has 1 rings (SSSR count). The number of rotatable bonds is 0. The number of alkyl halides is 1. The Balaban J connectivity index is 2.81. The summed E-state index contributed by atoms with van der Waals surface area (Å²) in [6, 6.07) is 0. The highest BCUT2D eigenvalue weighted by atomic mass is 32.2. The van der Waals surface area contributed by atoms with Gasteiger partial charge in [0.1, 0.15) is 0 Å². The fourth-order valence-electron chi connectivity index (χ4n) is 0.564. The van der Waals surface area contributed by atoms with Crippen LogP contribution in [0.3, 0.4) is 0 Å². The van der Waals surface area contributed by atoms with Crippen molar-refractivity contribution >= 4 is 22.8 Å². The maximum absolute atomic E-state index is 12.9. The van der Waals surface area contributed by atoms with E-state index in [1.165, 1.54) is 14.0 Å². The van der Waals surface area contributed by atoms with Gasteiger partial charge in [-0.25, -0.2) is 4.39 Å². The molecule has 0 bridgehead atoms. The number of amides is 1. The Morgan fingerprint density at radius 1 is 1.80 bits per heavy atom. The Hall–Kier alpha value is -0.580. The van der Waals surface area contributed by atoms with Gasteiger partial charge in [0.05, 0.1) is 0 Å². The van der Waals surface area contributed by atoms with Gasteiger partial charge in [-0.15, -0.1) is 0 Å². The van der Waals surface area contributed by atoms with Crippen LogP contribution in [0.15, 0.2) is 4.99 Å². The molecule has 0 radical (unpaired) electrons. The summed E-state index contributed by atoms with van der Waals surface area (Å²) >= 11 is 0.799. The van der Waals surface area contributed by atoms with Crippen LogP contribution >= 0.6 is 11.8 Å². The van der Waals surface area contributed by atoms with Crippen LogP contribution in [0.1, 0.15) is 6.92 Å². The van der Waals surface area contributed by atoms with E-state index in [-0.39, 0.29) is 0 Å². The fourth-order valence-corrected chi connectivity index (χ4v) is 1.31. The molecule has 0 aromatic carbocycles. The summed E-state index contributed by atoms with van der Waals surface area (Å²) in [6.07, 6.45) is 0. The van der Waals surface area contributed by atoms with Crippen molar-refractivity contribution in [1.82, 2.24) is 5.32 Å². The molecule has 1 fully saturated rings. The number of carbonyl (C=O) groups is 1. The Morgan fingerprint density at radius 2 is 2.40 bits per heavy atom. The minimum absolute atomic E-state index is 0.343. The van der Waals surface area contributed by atoms with Crippen LogP contribution in [-0.2, 0) is 4.79 Å². The van der Waals surface area contributed by atoms with Crippen molar-refractivity contribution in [2.24, 2.45) is 4.99 Å². The van der Waals surface area contributed by atoms with E-state index in [0.29, 0.717) is 5.17 Å². The first kappa shape index (κ1) is 7.53. The minimum Gasteiger partial charge on any atom is -0.302 e. The lowest BCUT2D eigenvalue weighted by atomic mass is 10.4. The van der Waals surface area contributed by atoms with Crippen molar-refractivity contribution in [2.75, 3.05) is 7.05 Å². The van der Waals surface area contributed by atoms with Crippen LogP contribution in [0.4, 0.5) is 4.39 Å². The predicted molar refractivity (Wildman–Crippen MR) is 38.6 cm³/mol. The molecule has 10 heavy (non-hydrogen) atoms. The first-order valence-corrected chi connectivity index (χ1v) is 3.54. The van der Waals surface area contributed by atoms with Gasteiger partial charge in [0, 0.05) is 7.05 Å². The summed E-state index contributed by atoms with van der Waals surface area (Å²) in [5.74, 6) is -0.627. The van der Waals surface area contributed by atoms with E-state index in [1.807, 2.05) is 0 Å². The summed E-state index contributed by atoms with van der Waals surface area (Å²) < 4.78 is 12.9. The third-order valence-corrected chi connectivity index (χ3v) is 2.16. The number of carbonyl (C=O) groups excluding carboxylic acids is 1. The van der Waals surface area contributed by atoms with Crippen LogP contribution in [0.25, 0.3) is 0 Å². The zero-order valence-electron chi connectivity index (χ0n) is 5.64. The number of amidine groups is 1. The lowest BCUT2D eigenvalue weighted by molar-refractivity contribution is -0.124. The van der Waals surface area contributed by atoms with Gasteiger partial charge in [-0.1, -0.05) is 0 Å². The molecule has 3 nitrogen and oxygen atoms in total. The first-order valence-electron chi connectivity index (χ1n) is 2.72. The standard InChI is InChI=1S/C5H7FN2OS/c1-5(6)3(9)8-4(7-2)10-5/h1-2H3,(H,7,8,9). The third-order valence-electron chi connectivity index (χ3n) is 1.12. The molecule has 1 amide bonds. The zero-order valence-corrected chi connectivity index (χ0v) is 6.46. The van der Waals surface area contributed by atoms with E-state index in [9.17, 15) is 9.18 Å². The third kappa shape index (κ3) is 1.13. The number of hydrogen-bond donors (Lipinski definition) is 1. The number of halogens is 1. The van der Waals surface area contributed by atoms with Crippen LogP contribution in [0.2, 0.25) is 0 Å². The molecular formula is C5H7FN2OS. The highest BCUT2D eigenvalue weighted by molar-refractivity contribution is 8.16. The zero-order chi connectivity index (χ0) is 7.78. The van der Waals surface area contributed by atoms with Crippen molar-refractivity contribution in [3.63, 3.8) is 0 Å². The SMILES string of the molecule is CN=C1NC(=O)C(C)(F)S1. The average Bonchev–Trinajstić information content (AvgIpc) is 2.08. The van der Waals surface area contributed by atoms with E-state index < -0.39 is 10.9 Å². The second-order valence-corrected chi connectivity index (χ2v) is 3.36. The van der Waals surface area contributed by atoms with E-state index in [0.717, 1.165) is 11.8 Å². The quantitative estimate of drug-likeness (QED) is 0.564. The summed E-state index contributed by atoms with van der Waals surface area (Å²) in [5.41, 5.74) is 0. The second kappa shape index (κ2) is 2.23. The molecule has 1 saturated heterocycles. The van der Waals surface area contributed by atoms with Crippen LogP contribution in [0, 0.1) is 0 Å². The predicted octanol–water partition coefficient (Wildman–Crippen LogP) is 0.521. The van der Waals surface area contributed by atoms with Crippen molar-refractivity contribution in [3.8, 4) is 0 Å². The van der Waals surface area contributed by atoms with E-state index in [2.05, 4.69) is 10.3 Å². The van der Waals surface area contributed by atoms with Crippen LogP contribution in [-0.4, -0.2) is 23.1 Å². The van der Waals surface area contributed by atoms with Gasteiger partial charge in [-0.2, -0.15) is 0 Å². The summed E-state index contributed by atoms with van der Waals surface area (Å²) in [6.45, 7) is 1.21. The first-order chi connectivity index (χ1) is 4.56. The van der Waals surface area contributed by atoms with Crippen LogP contribution in [0.5, 0.6) is 0 Å². The van der Waals surface area contributed by atoms with Gasteiger partial charge >= 0.3 is 0 Å². The Bertz CT molecular complexity index is 202. The molecule has 0 aromatic heterocycles. The monoisotopic (exact) mass is 162 g/mol. The smallest absolute Gasteiger partial charge is 0.274 e.